The number of hydrogen-bond acceptors (Lipinski definition) is 6. The molecule has 31 heavy (non-hydrogen) atoms. The molecule has 1 fully saturated rings. The molecule has 2 aliphatic rings. The van der Waals surface area contributed by atoms with Crippen molar-refractivity contribution in [2.45, 2.75) is 56.6 Å². The van der Waals surface area contributed by atoms with Crippen molar-refractivity contribution in [3.8, 4) is 28.6 Å². The van der Waals surface area contributed by atoms with Crippen molar-refractivity contribution in [3.05, 3.63) is 47.0 Å². The number of nitrogens with zero attached hydrogens (tertiary/aromatic N) is 4. The Kier molecular flexibility index (Phi) is 5.18. The van der Waals surface area contributed by atoms with Crippen LogP contribution in [0.3, 0.4) is 0 Å². The van der Waals surface area contributed by atoms with Crippen molar-refractivity contribution < 1.29 is 10.2 Å². The first kappa shape index (κ1) is 20.4. The Labute approximate surface area is 188 Å². The number of phenolic OH excluding ortho intramolecular Hbond substituents is 2. The highest BCUT2D eigenvalue weighted by atomic mass is 32.1. The van der Waals surface area contributed by atoms with Crippen LogP contribution in [0.15, 0.2) is 35.5 Å². The lowest BCUT2D eigenvalue weighted by Crippen LogP contribution is -2.33. The number of rotatable bonds is 4. The van der Waals surface area contributed by atoms with Crippen molar-refractivity contribution in [1.82, 2.24) is 19.7 Å². The maximum Gasteiger partial charge on any atom is 0.193 e. The molecule has 1 aliphatic heterocycles. The average molecular weight is 437 g/mol. The van der Waals surface area contributed by atoms with Gasteiger partial charge in [0.05, 0.1) is 11.3 Å². The summed E-state index contributed by atoms with van der Waals surface area (Å²) in [6.07, 6.45) is 4.78. The minimum absolute atomic E-state index is 0.0286. The van der Waals surface area contributed by atoms with Crippen LogP contribution in [0.2, 0.25) is 0 Å². The molecular weight excluding hydrogens is 408 g/mol. The molecule has 0 spiro atoms. The van der Waals surface area contributed by atoms with Crippen molar-refractivity contribution in [2.75, 3.05) is 13.1 Å². The number of hydrogen-bond donors (Lipinski definition) is 3. The van der Waals surface area contributed by atoms with Crippen LogP contribution in [0, 0.1) is 0 Å². The first-order valence-corrected chi connectivity index (χ1v) is 11.4. The van der Waals surface area contributed by atoms with Gasteiger partial charge in [-0.05, 0) is 79.6 Å². The molecule has 1 aromatic heterocycles. The number of aromatic hydroxyl groups is 2. The fraction of sp³-hybridized carbons (Fsp3) is 0.417. The minimum Gasteiger partial charge on any atom is -0.508 e. The van der Waals surface area contributed by atoms with E-state index in [1.807, 2.05) is 18.4 Å². The molecule has 2 heterocycles. The number of aromatic nitrogens is 3. The molecule has 162 valence electrons. The second kappa shape index (κ2) is 7.88. The summed E-state index contributed by atoms with van der Waals surface area (Å²) < 4.78 is 1.86. The summed E-state index contributed by atoms with van der Waals surface area (Å²) in [5.41, 5.74) is 4.99. The number of benzene rings is 2. The molecule has 2 N–H and O–H groups in total. The molecule has 1 unspecified atom stereocenters. The summed E-state index contributed by atoms with van der Waals surface area (Å²) in [7, 11) is 0. The smallest absolute Gasteiger partial charge is 0.193 e. The highest BCUT2D eigenvalue weighted by molar-refractivity contribution is 7.80. The van der Waals surface area contributed by atoms with Gasteiger partial charge in [0.15, 0.2) is 11.0 Å². The predicted octanol–water partition coefficient (Wildman–Crippen LogP) is 4.32. The zero-order chi connectivity index (χ0) is 21.7. The lowest BCUT2D eigenvalue weighted by Gasteiger charge is -2.22. The molecule has 2 aromatic carbocycles. The van der Waals surface area contributed by atoms with E-state index >= 15 is 0 Å². The standard InChI is InChI=1S/C24H28N4O2S/c1-14(2)19-12-20(22(30)13-21(19)29)23-25-26-24(31)28(23)17-6-5-15-9-18(11-16(15)10-17)27-7-3-4-8-27/h5-6,10,12-14,18,29-30H,3-4,7-9,11H2,1-2H3,(H,26,31). The number of thiol groups is 1. The van der Waals surface area contributed by atoms with E-state index in [1.165, 1.54) is 43.1 Å². The van der Waals surface area contributed by atoms with Gasteiger partial charge in [-0.3, -0.25) is 9.47 Å². The molecule has 1 saturated heterocycles. The molecule has 0 bridgehead atoms. The molecule has 0 radical (unpaired) electrons. The van der Waals surface area contributed by atoms with Crippen LogP contribution < -0.4 is 0 Å². The number of phenols is 2. The van der Waals surface area contributed by atoms with Gasteiger partial charge in [0, 0.05) is 12.1 Å². The molecule has 0 amide bonds. The predicted molar refractivity (Wildman–Crippen MR) is 123 cm³/mol. The highest BCUT2D eigenvalue weighted by Gasteiger charge is 2.29. The molecule has 3 aromatic rings. The number of likely N-dealkylation sites (tertiary alicyclic amines) is 1. The molecule has 1 atom stereocenters. The molecular formula is C24H28N4O2S. The number of fused-ring (bicyclic) bond motifs is 1. The van der Waals surface area contributed by atoms with Crippen LogP contribution in [0.1, 0.15) is 49.3 Å². The van der Waals surface area contributed by atoms with Crippen molar-refractivity contribution >= 4 is 12.6 Å². The van der Waals surface area contributed by atoms with E-state index in [2.05, 4.69) is 45.9 Å². The van der Waals surface area contributed by atoms with Gasteiger partial charge in [-0.1, -0.05) is 19.9 Å². The van der Waals surface area contributed by atoms with Crippen LogP contribution in [0.25, 0.3) is 17.1 Å². The summed E-state index contributed by atoms with van der Waals surface area (Å²) in [6.45, 7) is 6.42. The maximum absolute atomic E-state index is 10.6. The van der Waals surface area contributed by atoms with E-state index in [0.717, 1.165) is 24.1 Å². The summed E-state index contributed by atoms with van der Waals surface area (Å²) >= 11 is 4.55. The third-order valence-corrected chi connectivity index (χ3v) is 6.96. The van der Waals surface area contributed by atoms with Gasteiger partial charge in [0.1, 0.15) is 11.5 Å². The van der Waals surface area contributed by atoms with Crippen LogP contribution >= 0.6 is 12.6 Å². The van der Waals surface area contributed by atoms with E-state index in [4.69, 9.17) is 0 Å². The van der Waals surface area contributed by atoms with Gasteiger partial charge in [0.2, 0.25) is 0 Å². The Balaban J connectivity index is 1.54. The fourth-order valence-electron chi connectivity index (χ4n) is 5.01. The van der Waals surface area contributed by atoms with Crippen molar-refractivity contribution in [2.24, 2.45) is 0 Å². The van der Waals surface area contributed by atoms with Crippen LogP contribution in [-0.4, -0.2) is 49.0 Å². The van der Waals surface area contributed by atoms with Gasteiger partial charge < -0.3 is 10.2 Å². The Morgan fingerprint density at radius 3 is 2.45 bits per heavy atom. The third-order valence-electron chi connectivity index (χ3n) is 6.67. The van der Waals surface area contributed by atoms with E-state index < -0.39 is 0 Å². The first-order valence-electron chi connectivity index (χ1n) is 11.0. The Morgan fingerprint density at radius 1 is 0.968 bits per heavy atom. The normalized spacial score (nSPS) is 18.8. The van der Waals surface area contributed by atoms with E-state index in [1.54, 1.807) is 6.07 Å². The molecule has 7 heteroatoms. The quantitative estimate of drug-likeness (QED) is 0.531. The molecule has 5 rings (SSSR count). The zero-order valence-electron chi connectivity index (χ0n) is 17.9. The second-order valence-corrected chi connectivity index (χ2v) is 9.40. The summed E-state index contributed by atoms with van der Waals surface area (Å²) in [6, 6.07) is 10.3. The van der Waals surface area contributed by atoms with E-state index in [-0.39, 0.29) is 17.4 Å². The van der Waals surface area contributed by atoms with Crippen molar-refractivity contribution in [3.63, 3.8) is 0 Å². The zero-order valence-corrected chi connectivity index (χ0v) is 18.8. The van der Waals surface area contributed by atoms with Gasteiger partial charge in [0.25, 0.3) is 0 Å². The summed E-state index contributed by atoms with van der Waals surface area (Å²) in [5, 5.41) is 29.7. The molecule has 6 nitrogen and oxygen atoms in total. The van der Waals surface area contributed by atoms with Gasteiger partial charge >= 0.3 is 0 Å². The lowest BCUT2D eigenvalue weighted by atomic mass is 9.98. The topological polar surface area (TPSA) is 74.4 Å². The van der Waals surface area contributed by atoms with Gasteiger partial charge in [-0.2, -0.15) is 0 Å². The minimum atomic E-state index is -0.0286. The summed E-state index contributed by atoms with van der Waals surface area (Å²) in [4.78, 5) is 2.62. The SMILES string of the molecule is CC(C)c1cc(-c2nnc(S)n2-c2ccc3c(c2)CC(N2CCCC2)C3)c(O)cc1O. The van der Waals surface area contributed by atoms with E-state index in [9.17, 15) is 10.2 Å². The first-order chi connectivity index (χ1) is 14.9. The highest BCUT2D eigenvalue weighted by Crippen LogP contribution is 2.39. The van der Waals surface area contributed by atoms with E-state index in [0.29, 0.717) is 22.6 Å². The largest absolute Gasteiger partial charge is 0.508 e. The summed E-state index contributed by atoms with van der Waals surface area (Å²) in [5.74, 6) is 0.671. The lowest BCUT2D eigenvalue weighted by molar-refractivity contribution is 0.250. The Morgan fingerprint density at radius 2 is 1.71 bits per heavy atom. The maximum atomic E-state index is 10.6. The second-order valence-electron chi connectivity index (χ2n) is 9.00. The monoisotopic (exact) mass is 436 g/mol. The Hall–Kier alpha value is -2.51. The van der Waals surface area contributed by atoms with Crippen molar-refractivity contribution in [1.29, 1.82) is 0 Å². The Bertz CT molecular complexity index is 1130. The van der Waals surface area contributed by atoms with Crippen LogP contribution in [0.5, 0.6) is 11.5 Å². The molecule has 0 saturated carbocycles. The van der Waals surface area contributed by atoms with Crippen LogP contribution in [0.4, 0.5) is 0 Å². The fourth-order valence-corrected chi connectivity index (χ4v) is 5.26. The van der Waals surface area contributed by atoms with Crippen LogP contribution in [-0.2, 0) is 12.8 Å². The van der Waals surface area contributed by atoms with Gasteiger partial charge in [-0.15, -0.1) is 22.8 Å². The average Bonchev–Trinajstić information content (AvgIpc) is 3.46. The third kappa shape index (κ3) is 3.59. The van der Waals surface area contributed by atoms with Gasteiger partial charge in [-0.25, -0.2) is 0 Å². The molecule has 1 aliphatic carbocycles.